The molecule has 0 radical (unpaired) electrons. The highest BCUT2D eigenvalue weighted by Crippen LogP contribution is 2.30. The fourth-order valence-corrected chi connectivity index (χ4v) is 2.76. The van der Waals surface area contributed by atoms with E-state index >= 15 is 0 Å². The molecule has 1 aliphatic rings. The zero-order valence-corrected chi connectivity index (χ0v) is 9.46. The van der Waals surface area contributed by atoms with Crippen LogP contribution in [0.3, 0.4) is 0 Å². The lowest BCUT2D eigenvalue weighted by Crippen LogP contribution is -2.42. The Kier molecular flexibility index (Phi) is 3.21. The summed E-state index contributed by atoms with van der Waals surface area (Å²) in [5.41, 5.74) is 7.23. The Labute approximate surface area is 89.7 Å². The van der Waals surface area contributed by atoms with Gasteiger partial charge >= 0.3 is 0 Å². The normalized spacial score (nSPS) is 19.6. The summed E-state index contributed by atoms with van der Waals surface area (Å²) in [6.45, 7) is 0.726. The minimum absolute atomic E-state index is 0.423. The third kappa shape index (κ3) is 1.85. The Hall–Kier alpha value is -0.380. The summed E-state index contributed by atoms with van der Waals surface area (Å²) in [5.74, 6) is 0. The van der Waals surface area contributed by atoms with E-state index in [0.717, 1.165) is 12.6 Å². The molecule has 0 spiro atoms. The van der Waals surface area contributed by atoms with Crippen molar-refractivity contribution in [2.75, 3.05) is 13.6 Å². The van der Waals surface area contributed by atoms with Crippen molar-refractivity contribution in [1.82, 2.24) is 4.90 Å². The Morgan fingerprint density at radius 2 is 2.43 bits per heavy atom. The largest absolute Gasteiger partial charge is 0.329 e. The van der Waals surface area contributed by atoms with Crippen LogP contribution in [0.25, 0.3) is 0 Å². The third-order valence-electron chi connectivity index (χ3n) is 3.29. The molecule has 14 heavy (non-hydrogen) atoms. The van der Waals surface area contributed by atoms with Gasteiger partial charge in [0.25, 0.3) is 0 Å². The number of rotatable bonds is 4. The predicted octanol–water partition coefficient (Wildman–Crippen LogP) is 2.23. The Morgan fingerprint density at radius 1 is 1.64 bits per heavy atom. The van der Waals surface area contributed by atoms with Crippen LogP contribution in [0.15, 0.2) is 16.8 Å². The van der Waals surface area contributed by atoms with Crippen molar-refractivity contribution in [3.05, 3.63) is 22.4 Å². The first-order valence-electron chi connectivity index (χ1n) is 5.27. The van der Waals surface area contributed by atoms with E-state index in [4.69, 9.17) is 5.73 Å². The Balaban J connectivity index is 2.04. The van der Waals surface area contributed by atoms with Gasteiger partial charge in [-0.2, -0.15) is 11.3 Å². The van der Waals surface area contributed by atoms with Gasteiger partial charge in [0.1, 0.15) is 0 Å². The zero-order valence-electron chi connectivity index (χ0n) is 8.65. The fraction of sp³-hybridized carbons (Fsp3) is 0.636. The van der Waals surface area contributed by atoms with E-state index in [2.05, 4.69) is 28.8 Å². The van der Waals surface area contributed by atoms with Crippen molar-refractivity contribution in [3.63, 3.8) is 0 Å². The highest BCUT2D eigenvalue weighted by molar-refractivity contribution is 7.07. The van der Waals surface area contributed by atoms with Gasteiger partial charge in [0.05, 0.1) is 0 Å². The molecule has 0 aliphatic heterocycles. The smallest absolute Gasteiger partial charge is 0.0478 e. The topological polar surface area (TPSA) is 29.3 Å². The quantitative estimate of drug-likeness (QED) is 0.825. The van der Waals surface area contributed by atoms with Crippen LogP contribution in [-0.4, -0.2) is 24.5 Å². The van der Waals surface area contributed by atoms with Crippen LogP contribution in [0.2, 0.25) is 0 Å². The van der Waals surface area contributed by atoms with E-state index < -0.39 is 0 Å². The maximum Gasteiger partial charge on any atom is 0.0478 e. The summed E-state index contributed by atoms with van der Waals surface area (Å²) in [7, 11) is 2.21. The summed E-state index contributed by atoms with van der Waals surface area (Å²) in [4.78, 5) is 2.45. The molecule has 0 amide bonds. The van der Waals surface area contributed by atoms with E-state index in [1.807, 2.05) is 0 Å². The van der Waals surface area contributed by atoms with Gasteiger partial charge in [-0.3, -0.25) is 4.90 Å². The van der Waals surface area contributed by atoms with Gasteiger partial charge in [0, 0.05) is 18.6 Å². The van der Waals surface area contributed by atoms with Crippen LogP contribution >= 0.6 is 11.3 Å². The molecule has 1 aromatic rings. The third-order valence-corrected chi connectivity index (χ3v) is 3.99. The summed E-state index contributed by atoms with van der Waals surface area (Å²) >= 11 is 1.76. The number of nitrogens with zero attached hydrogens (tertiary/aromatic N) is 1. The second-order valence-corrected chi connectivity index (χ2v) is 4.84. The number of hydrogen-bond donors (Lipinski definition) is 1. The van der Waals surface area contributed by atoms with Crippen molar-refractivity contribution in [2.45, 2.75) is 31.3 Å². The van der Waals surface area contributed by atoms with Crippen molar-refractivity contribution in [3.8, 4) is 0 Å². The van der Waals surface area contributed by atoms with E-state index in [-0.39, 0.29) is 0 Å². The van der Waals surface area contributed by atoms with Gasteiger partial charge in [0.15, 0.2) is 0 Å². The van der Waals surface area contributed by atoms with Crippen molar-refractivity contribution >= 4 is 11.3 Å². The Morgan fingerprint density at radius 3 is 2.86 bits per heavy atom. The lowest BCUT2D eigenvalue weighted by Gasteiger charge is -2.39. The molecule has 1 saturated carbocycles. The monoisotopic (exact) mass is 210 g/mol. The molecular weight excluding hydrogens is 192 g/mol. The molecule has 78 valence electrons. The Bertz CT molecular complexity index is 267. The fourth-order valence-electron chi connectivity index (χ4n) is 2.05. The molecule has 1 unspecified atom stereocenters. The van der Waals surface area contributed by atoms with Crippen LogP contribution in [-0.2, 0) is 0 Å². The van der Waals surface area contributed by atoms with Crippen molar-refractivity contribution < 1.29 is 0 Å². The summed E-state index contributed by atoms with van der Waals surface area (Å²) in [6.07, 6.45) is 4.07. The molecule has 3 heteroatoms. The van der Waals surface area contributed by atoms with Crippen LogP contribution in [0, 0.1) is 0 Å². The SMILES string of the molecule is CN(C1CCC1)C(CN)c1ccsc1. The molecule has 0 bridgehead atoms. The van der Waals surface area contributed by atoms with Gasteiger partial charge in [0.2, 0.25) is 0 Å². The van der Waals surface area contributed by atoms with Crippen molar-refractivity contribution in [1.29, 1.82) is 0 Å². The lowest BCUT2D eigenvalue weighted by atomic mass is 9.90. The first-order valence-corrected chi connectivity index (χ1v) is 6.21. The number of thiophene rings is 1. The van der Waals surface area contributed by atoms with E-state index in [1.54, 1.807) is 11.3 Å². The zero-order chi connectivity index (χ0) is 9.97. The molecule has 0 saturated heterocycles. The van der Waals surface area contributed by atoms with Crippen LogP contribution in [0.5, 0.6) is 0 Å². The molecule has 1 atom stereocenters. The second-order valence-electron chi connectivity index (χ2n) is 4.06. The van der Waals surface area contributed by atoms with Gasteiger partial charge in [-0.15, -0.1) is 0 Å². The van der Waals surface area contributed by atoms with Crippen LogP contribution in [0.1, 0.15) is 30.9 Å². The minimum atomic E-state index is 0.423. The summed E-state index contributed by atoms with van der Waals surface area (Å²) in [6, 6.07) is 3.38. The highest BCUT2D eigenvalue weighted by Gasteiger charge is 2.27. The lowest BCUT2D eigenvalue weighted by molar-refractivity contribution is 0.113. The van der Waals surface area contributed by atoms with E-state index in [9.17, 15) is 0 Å². The first kappa shape index (κ1) is 10.1. The number of hydrogen-bond acceptors (Lipinski definition) is 3. The molecule has 2 rings (SSSR count). The molecule has 2 N–H and O–H groups in total. The second kappa shape index (κ2) is 4.43. The summed E-state index contributed by atoms with van der Waals surface area (Å²) < 4.78 is 0. The molecule has 1 aromatic heterocycles. The molecule has 2 nitrogen and oxygen atoms in total. The van der Waals surface area contributed by atoms with Crippen LogP contribution < -0.4 is 5.73 Å². The number of nitrogens with two attached hydrogens (primary N) is 1. The molecular formula is C11H18N2S. The number of likely N-dealkylation sites (N-methyl/N-ethyl adjacent to an activating group) is 1. The van der Waals surface area contributed by atoms with E-state index in [1.165, 1.54) is 24.8 Å². The highest BCUT2D eigenvalue weighted by atomic mass is 32.1. The van der Waals surface area contributed by atoms with Gasteiger partial charge in [-0.25, -0.2) is 0 Å². The van der Waals surface area contributed by atoms with Crippen LogP contribution in [0.4, 0.5) is 0 Å². The molecule has 1 fully saturated rings. The van der Waals surface area contributed by atoms with Gasteiger partial charge < -0.3 is 5.73 Å². The molecule has 1 heterocycles. The predicted molar refractivity (Wildman–Crippen MR) is 61.5 cm³/mol. The summed E-state index contributed by atoms with van der Waals surface area (Å²) in [5, 5.41) is 4.35. The van der Waals surface area contributed by atoms with Gasteiger partial charge in [-0.1, -0.05) is 6.42 Å². The minimum Gasteiger partial charge on any atom is -0.329 e. The molecule has 0 aromatic carbocycles. The maximum atomic E-state index is 5.84. The van der Waals surface area contributed by atoms with E-state index in [0.29, 0.717) is 6.04 Å². The average Bonchev–Trinajstić information content (AvgIpc) is 2.55. The standard InChI is InChI=1S/C11H18N2S/c1-13(10-3-2-4-10)11(7-12)9-5-6-14-8-9/h5-6,8,10-11H,2-4,7,12H2,1H3. The maximum absolute atomic E-state index is 5.84. The first-order chi connectivity index (χ1) is 6.83. The van der Waals surface area contributed by atoms with Gasteiger partial charge in [-0.05, 0) is 42.3 Å². The molecule has 1 aliphatic carbocycles. The average molecular weight is 210 g/mol. The van der Waals surface area contributed by atoms with Crippen molar-refractivity contribution in [2.24, 2.45) is 5.73 Å².